The molecule has 3 aromatic rings. The third-order valence-corrected chi connectivity index (χ3v) is 3.00. The summed E-state index contributed by atoms with van der Waals surface area (Å²) in [5.74, 6) is 0. The van der Waals surface area contributed by atoms with Crippen LogP contribution in [-0.4, -0.2) is 9.55 Å². The van der Waals surface area contributed by atoms with E-state index in [9.17, 15) is 0 Å². The molecule has 3 rings (SSSR count). The van der Waals surface area contributed by atoms with Gasteiger partial charge in [-0.15, -0.1) is 12.6 Å². The van der Waals surface area contributed by atoms with Crippen molar-refractivity contribution >= 4 is 23.4 Å². The average Bonchev–Trinajstić information content (AvgIpc) is 2.82. The van der Waals surface area contributed by atoms with Crippen molar-refractivity contribution < 1.29 is 0 Å². The van der Waals surface area contributed by atoms with Crippen molar-refractivity contribution in [2.24, 2.45) is 0 Å². The minimum absolute atomic E-state index is 0.955. The quantitative estimate of drug-likeness (QED) is 0.630. The Morgan fingerprint density at radius 3 is 2.75 bits per heavy atom. The lowest BCUT2D eigenvalue weighted by Crippen LogP contribution is -1.93. The van der Waals surface area contributed by atoms with Gasteiger partial charge in [-0.2, -0.15) is 0 Å². The van der Waals surface area contributed by atoms with E-state index in [2.05, 4.69) is 35.8 Å². The fourth-order valence-electron chi connectivity index (χ4n) is 1.91. The minimum atomic E-state index is 0.955. The van der Waals surface area contributed by atoms with Gasteiger partial charge in [-0.25, -0.2) is 4.98 Å². The van der Waals surface area contributed by atoms with E-state index in [1.54, 1.807) is 12.5 Å². The van der Waals surface area contributed by atoms with Crippen molar-refractivity contribution in [3.63, 3.8) is 0 Å². The molecule has 0 spiro atoms. The first kappa shape index (κ1) is 9.48. The van der Waals surface area contributed by atoms with Gasteiger partial charge in [0.1, 0.15) is 0 Å². The Morgan fingerprint density at radius 2 is 1.94 bits per heavy atom. The average molecular weight is 226 g/mol. The molecule has 1 heterocycles. The first-order valence-electron chi connectivity index (χ1n) is 5.05. The maximum Gasteiger partial charge on any atom is 0.0992 e. The first-order chi connectivity index (χ1) is 7.86. The number of nitrogens with zero attached hydrogens (tertiary/aromatic N) is 2. The van der Waals surface area contributed by atoms with Crippen molar-refractivity contribution in [3.05, 3.63) is 55.1 Å². The molecule has 0 amide bonds. The first-order valence-corrected chi connectivity index (χ1v) is 5.50. The van der Waals surface area contributed by atoms with Crippen LogP contribution in [0.2, 0.25) is 0 Å². The van der Waals surface area contributed by atoms with Crippen LogP contribution in [0.25, 0.3) is 16.5 Å². The molecule has 0 aliphatic carbocycles. The summed E-state index contributed by atoms with van der Waals surface area (Å²) in [4.78, 5) is 5.03. The van der Waals surface area contributed by atoms with Crippen molar-refractivity contribution in [1.82, 2.24) is 9.55 Å². The monoisotopic (exact) mass is 226 g/mol. The van der Waals surface area contributed by atoms with Gasteiger partial charge in [0.15, 0.2) is 0 Å². The van der Waals surface area contributed by atoms with Crippen LogP contribution in [0, 0.1) is 0 Å². The Bertz CT molecular complexity index is 629. The van der Waals surface area contributed by atoms with Gasteiger partial charge < -0.3 is 4.57 Å². The van der Waals surface area contributed by atoms with Gasteiger partial charge in [0.05, 0.1) is 12.0 Å². The zero-order valence-corrected chi connectivity index (χ0v) is 9.43. The van der Waals surface area contributed by atoms with Crippen LogP contribution >= 0.6 is 12.6 Å². The fourth-order valence-corrected chi connectivity index (χ4v) is 2.22. The Morgan fingerprint density at radius 1 is 1.06 bits per heavy atom. The Labute approximate surface area is 99.0 Å². The van der Waals surface area contributed by atoms with Gasteiger partial charge in [0, 0.05) is 22.7 Å². The van der Waals surface area contributed by atoms with Crippen LogP contribution in [-0.2, 0) is 0 Å². The summed E-state index contributed by atoms with van der Waals surface area (Å²) in [5, 5.41) is 2.40. The smallest absolute Gasteiger partial charge is 0.0992 e. The van der Waals surface area contributed by atoms with Crippen LogP contribution in [0.4, 0.5) is 0 Å². The number of benzene rings is 2. The lowest BCUT2D eigenvalue weighted by Gasteiger charge is -2.09. The van der Waals surface area contributed by atoms with Crippen LogP contribution < -0.4 is 0 Å². The number of hydrogen-bond donors (Lipinski definition) is 1. The number of fused-ring (bicyclic) bond motifs is 1. The van der Waals surface area contributed by atoms with E-state index in [1.165, 1.54) is 10.8 Å². The van der Waals surface area contributed by atoms with E-state index in [4.69, 9.17) is 0 Å². The predicted octanol–water partition coefficient (Wildman–Crippen LogP) is 3.31. The summed E-state index contributed by atoms with van der Waals surface area (Å²) >= 11 is 4.51. The summed E-state index contributed by atoms with van der Waals surface area (Å²) in [5.41, 5.74) is 1.08. The zero-order valence-electron chi connectivity index (χ0n) is 8.54. The molecule has 0 fully saturated rings. The van der Waals surface area contributed by atoms with E-state index < -0.39 is 0 Å². The summed E-state index contributed by atoms with van der Waals surface area (Å²) < 4.78 is 1.99. The van der Waals surface area contributed by atoms with E-state index in [1.807, 2.05) is 29.0 Å². The molecular formula is C13H10N2S. The molecule has 0 N–H and O–H groups in total. The standard InChI is InChI=1S/C13H10N2S/c16-12-6-5-10-3-1-2-4-11(10)13(12)15-8-7-14-9-15/h1-9,16H. The van der Waals surface area contributed by atoms with Gasteiger partial charge in [0.25, 0.3) is 0 Å². The summed E-state index contributed by atoms with van der Waals surface area (Å²) in [7, 11) is 0. The highest BCUT2D eigenvalue weighted by Gasteiger charge is 2.06. The Kier molecular flexibility index (Phi) is 2.18. The largest absolute Gasteiger partial charge is 0.305 e. The molecular weight excluding hydrogens is 216 g/mol. The van der Waals surface area contributed by atoms with Gasteiger partial charge in [-0.1, -0.05) is 30.3 Å². The number of thiol groups is 1. The minimum Gasteiger partial charge on any atom is -0.305 e. The second kappa shape index (κ2) is 3.68. The third-order valence-electron chi connectivity index (χ3n) is 2.64. The molecule has 78 valence electrons. The third kappa shape index (κ3) is 1.41. The maximum atomic E-state index is 4.51. The highest BCUT2D eigenvalue weighted by molar-refractivity contribution is 7.80. The number of rotatable bonds is 1. The topological polar surface area (TPSA) is 17.8 Å². The van der Waals surface area contributed by atoms with Gasteiger partial charge in [-0.05, 0) is 11.5 Å². The highest BCUT2D eigenvalue weighted by atomic mass is 32.1. The summed E-state index contributed by atoms with van der Waals surface area (Å²) in [6.07, 6.45) is 5.50. The number of imidazole rings is 1. The molecule has 2 aromatic carbocycles. The van der Waals surface area contributed by atoms with E-state index in [0.29, 0.717) is 0 Å². The van der Waals surface area contributed by atoms with E-state index in [0.717, 1.165) is 10.6 Å². The Balaban J connectivity index is 2.42. The molecule has 16 heavy (non-hydrogen) atoms. The van der Waals surface area contributed by atoms with Crippen molar-refractivity contribution in [2.45, 2.75) is 4.90 Å². The molecule has 1 aromatic heterocycles. The second-order valence-corrected chi connectivity index (χ2v) is 4.11. The zero-order chi connectivity index (χ0) is 11.0. The molecule has 0 atom stereocenters. The predicted molar refractivity (Wildman–Crippen MR) is 68.3 cm³/mol. The van der Waals surface area contributed by atoms with Crippen LogP contribution in [0.3, 0.4) is 0 Å². The van der Waals surface area contributed by atoms with E-state index in [-0.39, 0.29) is 0 Å². The van der Waals surface area contributed by atoms with Crippen LogP contribution in [0.1, 0.15) is 0 Å². The lowest BCUT2D eigenvalue weighted by atomic mass is 10.1. The number of aromatic nitrogens is 2. The molecule has 0 bridgehead atoms. The van der Waals surface area contributed by atoms with Crippen molar-refractivity contribution in [1.29, 1.82) is 0 Å². The molecule has 0 aliphatic rings. The second-order valence-electron chi connectivity index (χ2n) is 3.62. The normalized spacial score (nSPS) is 10.8. The molecule has 3 heteroatoms. The molecule has 0 radical (unpaired) electrons. The van der Waals surface area contributed by atoms with Crippen LogP contribution in [0.15, 0.2) is 60.0 Å². The Hall–Kier alpha value is -1.74. The molecule has 2 nitrogen and oxygen atoms in total. The lowest BCUT2D eigenvalue weighted by molar-refractivity contribution is 1.04. The van der Waals surface area contributed by atoms with E-state index >= 15 is 0 Å². The summed E-state index contributed by atoms with van der Waals surface area (Å²) in [6, 6.07) is 12.4. The molecule has 0 aliphatic heterocycles. The molecule has 0 unspecified atom stereocenters. The van der Waals surface area contributed by atoms with Gasteiger partial charge in [0.2, 0.25) is 0 Å². The molecule has 0 saturated carbocycles. The van der Waals surface area contributed by atoms with Crippen molar-refractivity contribution in [2.75, 3.05) is 0 Å². The fraction of sp³-hybridized carbons (Fsp3) is 0. The number of hydrogen-bond acceptors (Lipinski definition) is 2. The summed E-state index contributed by atoms with van der Waals surface area (Å²) in [6.45, 7) is 0. The van der Waals surface area contributed by atoms with Gasteiger partial charge in [-0.3, -0.25) is 0 Å². The van der Waals surface area contributed by atoms with Crippen LogP contribution in [0.5, 0.6) is 0 Å². The van der Waals surface area contributed by atoms with Crippen molar-refractivity contribution in [3.8, 4) is 5.69 Å². The maximum absolute atomic E-state index is 4.51. The SMILES string of the molecule is Sc1ccc2ccccc2c1-n1ccnc1. The highest BCUT2D eigenvalue weighted by Crippen LogP contribution is 2.28. The van der Waals surface area contributed by atoms with Gasteiger partial charge >= 0.3 is 0 Å². The molecule has 0 saturated heterocycles.